The van der Waals surface area contributed by atoms with E-state index < -0.39 is 0 Å². The topological polar surface area (TPSA) is 42.9 Å². The average molecular weight is 240 g/mol. The van der Waals surface area contributed by atoms with Gasteiger partial charge < -0.3 is 0 Å². The van der Waals surface area contributed by atoms with Crippen molar-refractivity contribution in [1.29, 1.82) is 0 Å². The summed E-state index contributed by atoms with van der Waals surface area (Å²) in [6.45, 7) is 6.45. The second-order valence-corrected chi connectivity index (χ2v) is 5.26. The lowest BCUT2D eigenvalue weighted by Gasteiger charge is -2.03. The molecule has 0 atom stereocenters. The van der Waals surface area contributed by atoms with Gasteiger partial charge in [0.25, 0.3) is 0 Å². The van der Waals surface area contributed by atoms with Crippen molar-refractivity contribution in [2.24, 2.45) is 5.92 Å². The normalized spacial score (nSPS) is 11.0. The molecule has 1 rings (SSSR count). The Hall–Kier alpha value is -0.770. The molecule has 0 N–H and O–H groups in total. The van der Waals surface area contributed by atoms with Crippen LogP contribution < -0.4 is 0 Å². The highest BCUT2D eigenvalue weighted by Crippen LogP contribution is 2.17. The summed E-state index contributed by atoms with van der Waals surface area (Å²) in [5.41, 5.74) is 0.891. The molecule has 0 aliphatic carbocycles. The zero-order chi connectivity index (χ0) is 12.0. The van der Waals surface area contributed by atoms with Gasteiger partial charge in [0.1, 0.15) is 4.88 Å². The van der Waals surface area contributed by atoms with Crippen LogP contribution in [0, 0.1) is 5.92 Å². The number of Topliss-reactive ketones (excluding diaryl/α,β-unsaturated/α-hetero) is 1. The molecule has 0 aliphatic heterocycles. The number of carbonyl (C=O) groups excluding carboxylic acids is 1. The fraction of sp³-hybridized carbons (Fsp3) is 0.750. The quantitative estimate of drug-likeness (QED) is 0.685. The van der Waals surface area contributed by atoms with Gasteiger partial charge in [-0.25, -0.2) is 0 Å². The lowest BCUT2D eigenvalue weighted by molar-refractivity contribution is 0.0981. The van der Waals surface area contributed by atoms with Gasteiger partial charge in [-0.2, -0.15) is 0 Å². The third-order valence-electron chi connectivity index (χ3n) is 2.48. The number of aryl methyl sites for hydroxylation is 1. The van der Waals surface area contributed by atoms with Gasteiger partial charge in [0.2, 0.25) is 0 Å². The first-order valence-corrected chi connectivity index (χ1v) is 6.76. The summed E-state index contributed by atoms with van der Waals surface area (Å²) in [5, 5.41) is 4.02. The van der Waals surface area contributed by atoms with Crippen molar-refractivity contribution < 1.29 is 4.79 Å². The van der Waals surface area contributed by atoms with E-state index >= 15 is 0 Å². The SMILES string of the molecule is CCCc1nnsc1C(=O)CCCC(C)C. The Labute approximate surface area is 101 Å². The highest BCUT2D eigenvalue weighted by atomic mass is 32.1. The standard InChI is InChI=1S/C12H20N2OS/c1-4-6-10-12(16-14-13-10)11(15)8-5-7-9(2)3/h9H,4-8H2,1-3H3. The zero-order valence-corrected chi connectivity index (χ0v) is 11.1. The predicted molar refractivity (Wildman–Crippen MR) is 66.9 cm³/mol. The van der Waals surface area contributed by atoms with E-state index in [9.17, 15) is 4.79 Å². The third-order valence-corrected chi connectivity index (χ3v) is 3.29. The van der Waals surface area contributed by atoms with E-state index in [1.165, 1.54) is 11.5 Å². The van der Waals surface area contributed by atoms with Crippen molar-refractivity contribution in [3.05, 3.63) is 10.6 Å². The minimum Gasteiger partial charge on any atom is -0.293 e. The van der Waals surface area contributed by atoms with E-state index in [4.69, 9.17) is 0 Å². The van der Waals surface area contributed by atoms with Crippen molar-refractivity contribution in [3.63, 3.8) is 0 Å². The van der Waals surface area contributed by atoms with Crippen LogP contribution in [-0.2, 0) is 6.42 Å². The number of rotatable bonds is 7. The molecule has 0 unspecified atom stereocenters. The van der Waals surface area contributed by atoms with Crippen LogP contribution in [0.5, 0.6) is 0 Å². The monoisotopic (exact) mass is 240 g/mol. The van der Waals surface area contributed by atoms with Gasteiger partial charge in [0.15, 0.2) is 5.78 Å². The first-order valence-electron chi connectivity index (χ1n) is 5.99. The molecule has 0 amide bonds. The maximum atomic E-state index is 11.9. The van der Waals surface area contributed by atoms with Crippen molar-refractivity contribution in [1.82, 2.24) is 9.59 Å². The molecule has 16 heavy (non-hydrogen) atoms. The van der Waals surface area contributed by atoms with E-state index in [1.807, 2.05) is 0 Å². The minimum absolute atomic E-state index is 0.221. The summed E-state index contributed by atoms with van der Waals surface area (Å²) < 4.78 is 3.88. The summed E-state index contributed by atoms with van der Waals surface area (Å²) >= 11 is 1.25. The van der Waals surface area contributed by atoms with Crippen LogP contribution in [-0.4, -0.2) is 15.4 Å². The Morgan fingerprint density at radius 2 is 2.19 bits per heavy atom. The molecule has 0 saturated heterocycles. The molecule has 0 fully saturated rings. The van der Waals surface area contributed by atoms with Crippen LogP contribution in [0.3, 0.4) is 0 Å². The van der Waals surface area contributed by atoms with Crippen molar-refractivity contribution in [2.75, 3.05) is 0 Å². The number of hydrogen-bond acceptors (Lipinski definition) is 4. The zero-order valence-electron chi connectivity index (χ0n) is 10.3. The number of hydrogen-bond donors (Lipinski definition) is 0. The lowest BCUT2D eigenvalue weighted by atomic mass is 10.0. The Morgan fingerprint density at radius 1 is 1.44 bits per heavy atom. The van der Waals surface area contributed by atoms with Gasteiger partial charge in [-0.1, -0.05) is 38.1 Å². The van der Waals surface area contributed by atoms with Crippen LogP contribution in [0.15, 0.2) is 0 Å². The minimum atomic E-state index is 0.221. The van der Waals surface area contributed by atoms with E-state index in [2.05, 4.69) is 30.4 Å². The maximum Gasteiger partial charge on any atom is 0.176 e. The van der Waals surface area contributed by atoms with Crippen molar-refractivity contribution in [2.45, 2.75) is 52.9 Å². The van der Waals surface area contributed by atoms with Crippen molar-refractivity contribution >= 4 is 17.3 Å². The van der Waals surface area contributed by atoms with Crippen LogP contribution >= 0.6 is 11.5 Å². The highest BCUT2D eigenvalue weighted by molar-refractivity contribution is 7.08. The molecule has 0 aromatic carbocycles. The fourth-order valence-electron chi connectivity index (χ4n) is 1.61. The van der Waals surface area contributed by atoms with Crippen LogP contribution in [0.25, 0.3) is 0 Å². The molecule has 1 aromatic heterocycles. The average Bonchev–Trinajstić information content (AvgIpc) is 2.66. The molecule has 0 radical (unpaired) electrons. The second kappa shape index (κ2) is 6.74. The molecule has 3 nitrogen and oxygen atoms in total. The summed E-state index contributed by atoms with van der Waals surface area (Å²) in [6.07, 6.45) is 4.60. The van der Waals surface area contributed by atoms with Crippen LogP contribution in [0.4, 0.5) is 0 Å². The van der Waals surface area contributed by atoms with Crippen molar-refractivity contribution in [3.8, 4) is 0 Å². The largest absolute Gasteiger partial charge is 0.293 e. The van der Waals surface area contributed by atoms with Gasteiger partial charge in [0.05, 0.1) is 5.69 Å². The molecular formula is C12H20N2OS. The first kappa shape index (κ1) is 13.3. The van der Waals surface area contributed by atoms with E-state index in [0.29, 0.717) is 12.3 Å². The molecule has 0 spiro atoms. The Balaban J connectivity index is 2.49. The number of aromatic nitrogens is 2. The fourth-order valence-corrected chi connectivity index (χ4v) is 2.28. The molecule has 1 heterocycles. The summed E-state index contributed by atoms with van der Waals surface area (Å²) in [6, 6.07) is 0. The number of ketones is 1. The van der Waals surface area contributed by atoms with Gasteiger partial charge in [-0.3, -0.25) is 4.79 Å². The summed E-state index contributed by atoms with van der Waals surface area (Å²) in [5.74, 6) is 0.890. The van der Waals surface area contributed by atoms with E-state index in [0.717, 1.165) is 36.3 Å². The van der Waals surface area contributed by atoms with Crippen LogP contribution in [0.1, 0.15) is 61.8 Å². The molecular weight excluding hydrogens is 220 g/mol. The first-order chi connectivity index (χ1) is 7.65. The summed E-state index contributed by atoms with van der Waals surface area (Å²) in [4.78, 5) is 12.7. The van der Waals surface area contributed by atoms with Gasteiger partial charge in [-0.05, 0) is 30.3 Å². The number of nitrogens with zero attached hydrogens (tertiary/aromatic N) is 2. The Kier molecular flexibility index (Phi) is 5.60. The van der Waals surface area contributed by atoms with Gasteiger partial charge in [-0.15, -0.1) is 5.10 Å². The number of carbonyl (C=O) groups is 1. The molecule has 0 saturated carbocycles. The smallest absolute Gasteiger partial charge is 0.176 e. The second-order valence-electron chi connectivity index (χ2n) is 4.51. The molecule has 4 heteroatoms. The third kappa shape index (κ3) is 4.00. The summed E-state index contributed by atoms with van der Waals surface area (Å²) in [7, 11) is 0. The Bertz CT molecular complexity index is 334. The maximum absolute atomic E-state index is 11.9. The molecule has 0 aliphatic rings. The highest BCUT2D eigenvalue weighted by Gasteiger charge is 2.15. The van der Waals surface area contributed by atoms with E-state index in [1.54, 1.807) is 0 Å². The molecule has 1 aromatic rings. The Morgan fingerprint density at radius 3 is 2.81 bits per heavy atom. The van der Waals surface area contributed by atoms with Gasteiger partial charge in [0, 0.05) is 6.42 Å². The van der Waals surface area contributed by atoms with Gasteiger partial charge >= 0.3 is 0 Å². The predicted octanol–water partition coefficient (Wildman–Crippen LogP) is 3.50. The van der Waals surface area contributed by atoms with Crippen LogP contribution in [0.2, 0.25) is 0 Å². The lowest BCUT2D eigenvalue weighted by Crippen LogP contribution is -2.02. The molecule has 90 valence electrons. The van der Waals surface area contributed by atoms with E-state index in [-0.39, 0.29) is 5.78 Å². The molecule has 0 bridgehead atoms.